The molecule has 8 heteroatoms. The van der Waals surface area contributed by atoms with Gasteiger partial charge in [-0.1, -0.05) is 42.8 Å². The van der Waals surface area contributed by atoms with Gasteiger partial charge >= 0.3 is 0 Å². The number of rotatable bonds is 3. The van der Waals surface area contributed by atoms with Crippen LogP contribution in [0, 0.1) is 0 Å². The molecule has 0 aliphatic carbocycles. The molecule has 39 heavy (non-hydrogen) atoms. The second-order valence-corrected chi connectivity index (χ2v) is 11.8. The molecule has 2 unspecified atom stereocenters. The lowest BCUT2D eigenvalue weighted by molar-refractivity contribution is -0.116. The van der Waals surface area contributed by atoms with Crippen molar-refractivity contribution in [2.75, 3.05) is 18.0 Å². The zero-order valence-electron chi connectivity index (χ0n) is 22.6. The second-order valence-electron chi connectivity index (χ2n) is 10.8. The predicted octanol–water partition coefficient (Wildman–Crippen LogP) is 5.46. The van der Waals surface area contributed by atoms with Gasteiger partial charge in [0.15, 0.2) is 0 Å². The van der Waals surface area contributed by atoms with Gasteiger partial charge in [0.1, 0.15) is 5.01 Å². The van der Waals surface area contributed by atoms with Gasteiger partial charge in [-0.05, 0) is 37.0 Å². The van der Waals surface area contributed by atoms with E-state index in [4.69, 9.17) is 0 Å². The fraction of sp³-hybridized carbons (Fsp3) is 0.387. The Labute approximate surface area is 233 Å². The average molecular weight is 542 g/mol. The lowest BCUT2D eigenvalue weighted by Crippen LogP contribution is -2.52. The molecule has 202 valence electrons. The third-order valence-corrected chi connectivity index (χ3v) is 9.13. The minimum atomic E-state index is 0.0338. The number of carbonyl (C=O) groups excluding carboxylic acids is 2. The predicted molar refractivity (Wildman–Crippen MR) is 156 cm³/mol. The standard InChI is InChI=1S/C31H35N5O2S/c1-22(37)35-16-14-24-9-7-10-25(36(24)21-30-32-15-17-39-30)19-34(18-23-8-3-5-12-28(23)35)31(38)27-20-33(2)29-13-6-4-11-26(27)29/h3-6,8,11-13,15,17,20,24-25H,7,9-10,14,16,18-19,21H2,1-2H3. The van der Waals surface area contributed by atoms with Gasteiger partial charge in [0.05, 0.1) is 12.1 Å². The maximum Gasteiger partial charge on any atom is 0.256 e. The zero-order valence-corrected chi connectivity index (χ0v) is 23.4. The lowest BCUT2D eigenvalue weighted by atomic mass is 9.92. The van der Waals surface area contributed by atoms with Gasteiger partial charge in [-0.2, -0.15) is 0 Å². The summed E-state index contributed by atoms with van der Waals surface area (Å²) in [4.78, 5) is 38.4. The monoisotopic (exact) mass is 541 g/mol. The van der Waals surface area contributed by atoms with E-state index < -0.39 is 0 Å². The van der Waals surface area contributed by atoms with Crippen molar-refractivity contribution in [2.24, 2.45) is 7.05 Å². The fourth-order valence-corrected chi connectivity index (χ4v) is 7.09. The van der Waals surface area contributed by atoms with Crippen molar-refractivity contribution in [2.45, 2.75) is 57.8 Å². The van der Waals surface area contributed by atoms with E-state index in [0.717, 1.165) is 65.0 Å². The number of amides is 2. The highest BCUT2D eigenvalue weighted by Crippen LogP contribution is 2.33. The highest BCUT2D eigenvalue weighted by atomic mass is 32.1. The third kappa shape index (κ3) is 5.11. The number of anilines is 1. The summed E-state index contributed by atoms with van der Waals surface area (Å²) in [6.45, 7) is 4.17. The van der Waals surface area contributed by atoms with Gasteiger partial charge in [0, 0.05) is 80.1 Å². The molecule has 0 N–H and O–H groups in total. The molecule has 2 amide bonds. The second kappa shape index (κ2) is 10.9. The topological polar surface area (TPSA) is 61.7 Å². The summed E-state index contributed by atoms with van der Waals surface area (Å²) in [6.07, 6.45) is 7.97. The molecule has 0 spiro atoms. The highest BCUT2D eigenvalue weighted by Gasteiger charge is 2.35. The highest BCUT2D eigenvalue weighted by molar-refractivity contribution is 7.09. The van der Waals surface area contributed by atoms with Crippen LogP contribution >= 0.6 is 11.3 Å². The molecule has 1 saturated heterocycles. The Morgan fingerprint density at radius 2 is 1.82 bits per heavy atom. The van der Waals surface area contributed by atoms with Crippen molar-refractivity contribution in [3.05, 3.63) is 82.4 Å². The van der Waals surface area contributed by atoms with Crippen LogP contribution in [0.3, 0.4) is 0 Å². The first-order chi connectivity index (χ1) is 19.0. The van der Waals surface area contributed by atoms with Crippen molar-refractivity contribution in [1.82, 2.24) is 19.4 Å². The normalized spacial score (nSPS) is 20.5. The number of nitrogens with zero attached hydrogens (tertiary/aromatic N) is 5. The molecule has 2 aliphatic rings. The van der Waals surface area contributed by atoms with Gasteiger partial charge in [0.25, 0.3) is 5.91 Å². The van der Waals surface area contributed by atoms with Gasteiger partial charge in [-0.15, -0.1) is 11.3 Å². The number of fused-ring (bicyclic) bond motifs is 4. The number of benzene rings is 2. The van der Waals surface area contributed by atoms with Crippen LogP contribution in [0.1, 0.15) is 53.5 Å². The van der Waals surface area contributed by atoms with Crippen molar-refractivity contribution in [3.63, 3.8) is 0 Å². The SMILES string of the molecule is CC(=O)N1CCC2CCCC(CN(C(=O)c3cn(C)c4ccccc34)Cc3ccccc31)N2Cc1nccs1. The van der Waals surface area contributed by atoms with Gasteiger partial charge in [-0.3, -0.25) is 14.5 Å². The minimum absolute atomic E-state index is 0.0338. The summed E-state index contributed by atoms with van der Waals surface area (Å²) in [5.74, 6) is 0.0685. The third-order valence-electron chi connectivity index (χ3n) is 8.37. The Morgan fingerprint density at radius 3 is 2.64 bits per heavy atom. The molecule has 0 saturated carbocycles. The summed E-state index contributed by atoms with van der Waals surface area (Å²) < 4.78 is 2.03. The number of piperidine rings is 1. The molecule has 2 aromatic heterocycles. The number of thiazole rings is 1. The van der Waals surface area contributed by atoms with Crippen molar-refractivity contribution >= 4 is 39.7 Å². The molecule has 6 rings (SSSR count). The van der Waals surface area contributed by atoms with Crippen LogP contribution in [-0.4, -0.2) is 56.3 Å². The van der Waals surface area contributed by atoms with Gasteiger partial charge < -0.3 is 14.4 Å². The van der Waals surface area contributed by atoms with Gasteiger partial charge in [0.2, 0.25) is 5.91 Å². The summed E-state index contributed by atoms with van der Waals surface area (Å²) in [6, 6.07) is 16.7. The number of hydrogen-bond acceptors (Lipinski definition) is 5. The Hall–Kier alpha value is -3.49. The summed E-state index contributed by atoms with van der Waals surface area (Å²) in [7, 11) is 1.99. The maximum absolute atomic E-state index is 14.4. The van der Waals surface area contributed by atoms with E-state index >= 15 is 0 Å². The van der Waals surface area contributed by atoms with Crippen LogP contribution in [0.2, 0.25) is 0 Å². The van der Waals surface area contributed by atoms with E-state index in [1.165, 1.54) is 0 Å². The summed E-state index contributed by atoms with van der Waals surface area (Å²) in [5.41, 5.74) is 3.68. The first-order valence-corrected chi connectivity index (χ1v) is 14.7. The molecule has 2 aliphatic heterocycles. The average Bonchev–Trinajstić information content (AvgIpc) is 3.57. The van der Waals surface area contributed by atoms with E-state index in [1.807, 2.05) is 75.6 Å². The smallest absolute Gasteiger partial charge is 0.256 e. The maximum atomic E-state index is 14.4. The molecule has 4 heterocycles. The molecule has 2 bridgehead atoms. The molecule has 7 nitrogen and oxygen atoms in total. The van der Waals surface area contributed by atoms with Crippen molar-refractivity contribution in [1.29, 1.82) is 0 Å². The van der Waals surface area contributed by atoms with E-state index in [-0.39, 0.29) is 17.9 Å². The molecule has 2 aromatic carbocycles. The van der Waals surface area contributed by atoms with Gasteiger partial charge in [-0.25, -0.2) is 4.98 Å². The van der Waals surface area contributed by atoms with E-state index in [1.54, 1.807) is 18.3 Å². The number of hydrogen-bond donors (Lipinski definition) is 0. The van der Waals surface area contributed by atoms with Crippen molar-refractivity contribution < 1.29 is 9.59 Å². The van der Waals surface area contributed by atoms with E-state index in [2.05, 4.69) is 22.0 Å². The lowest BCUT2D eigenvalue weighted by Gasteiger charge is -2.43. The number of aromatic nitrogens is 2. The largest absolute Gasteiger partial charge is 0.350 e. The molecular formula is C31H35N5O2S. The Bertz CT molecular complexity index is 1480. The summed E-state index contributed by atoms with van der Waals surface area (Å²) >= 11 is 1.68. The number of aryl methyl sites for hydroxylation is 1. The van der Waals surface area contributed by atoms with Crippen LogP contribution in [0.25, 0.3) is 10.9 Å². The van der Waals surface area contributed by atoms with Crippen molar-refractivity contribution in [3.8, 4) is 0 Å². The molecule has 2 atom stereocenters. The minimum Gasteiger partial charge on any atom is -0.350 e. The molecule has 0 radical (unpaired) electrons. The first kappa shape index (κ1) is 25.8. The van der Waals surface area contributed by atoms with Crippen LogP contribution in [-0.2, 0) is 24.9 Å². The molecule has 1 fully saturated rings. The molecular weight excluding hydrogens is 506 g/mol. The molecule has 4 aromatic rings. The van der Waals surface area contributed by atoms with Crippen LogP contribution in [0.4, 0.5) is 5.69 Å². The zero-order chi connectivity index (χ0) is 26.9. The van der Waals surface area contributed by atoms with E-state index in [9.17, 15) is 9.59 Å². The summed E-state index contributed by atoms with van der Waals surface area (Å²) in [5, 5.41) is 4.10. The van der Waals surface area contributed by atoms with Crippen LogP contribution in [0.15, 0.2) is 66.3 Å². The van der Waals surface area contributed by atoms with Crippen LogP contribution in [0.5, 0.6) is 0 Å². The number of carbonyl (C=O) groups is 2. The quantitative estimate of drug-likeness (QED) is 0.346. The Kier molecular flexibility index (Phi) is 7.23. The van der Waals surface area contributed by atoms with E-state index in [0.29, 0.717) is 25.7 Å². The number of para-hydroxylation sites is 2. The fourth-order valence-electron chi connectivity index (χ4n) is 6.47. The Balaban J connectivity index is 1.44. The van der Waals surface area contributed by atoms with Crippen LogP contribution < -0.4 is 4.90 Å². The first-order valence-electron chi connectivity index (χ1n) is 13.8. The Morgan fingerprint density at radius 1 is 1.03 bits per heavy atom.